The van der Waals surface area contributed by atoms with Crippen LogP contribution in [0.4, 0.5) is 0 Å². The maximum absolute atomic E-state index is 13.0. The van der Waals surface area contributed by atoms with E-state index in [1.165, 1.54) is 0 Å². The summed E-state index contributed by atoms with van der Waals surface area (Å²) in [5, 5.41) is 33.9. The van der Waals surface area contributed by atoms with E-state index in [2.05, 4.69) is 6.92 Å². The van der Waals surface area contributed by atoms with Crippen molar-refractivity contribution in [2.75, 3.05) is 0 Å². The van der Waals surface area contributed by atoms with E-state index in [-0.39, 0.29) is 23.1 Å². The Labute approximate surface area is 200 Å². The van der Waals surface area contributed by atoms with Crippen LogP contribution in [0.5, 0.6) is 0 Å². The maximum Gasteiger partial charge on any atom is 0.343 e. The SMILES string of the molecule is CCCCCCC1C(C(O)C(O)CCCC)C=C2C3(C)CC4=C(C(=O)OC4=O)C1C2(O)OC3=O. The Bertz CT molecular complexity index is 935. The molecule has 188 valence electrons. The zero-order chi connectivity index (χ0) is 24.8. The molecule has 7 unspecified atom stereocenters. The molecular weight excluding hydrogens is 440 g/mol. The molecule has 7 atom stereocenters. The first-order valence-electron chi connectivity index (χ1n) is 12.6. The molecule has 2 aliphatic heterocycles. The molecule has 0 spiro atoms. The van der Waals surface area contributed by atoms with E-state index in [0.29, 0.717) is 12.8 Å². The predicted molar refractivity (Wildman–Crippen MR) is 121 cm³/mol. The van der Waals surface area contributed by atoms with Gasteiger partial charge in [-0.05, 0) is 32.1 Å². The van der Waals surface area contributed by atoms with Crippen molar-refractivity contribution < 1.29 is 39.2 Å². The van der Waals surface area contributed by atoms with E-state index in [1.54, 1.807) is 13.0 Å². The number of aliphatic hydroxyl groups excluding tert-OH is 2. The normalized spacial score (nSPS) is 36.0. The fourth-order valence-electron chi connectivity index (χ4n) is 6.38. The molecule has 0 aromatic heterocycles. The Kier molecular flexibility index (Phi) is 6.79. The third-order valence-corrected chi connectivity index (χ3v) is 8.23. The van der Waals surface area contributed by atoms with Crippen molar-refractivity contribution in [3.63, 3.8) is 0 Å². The highest BCUT2D eigenvalue weighted by atomic mass is 16.7. The van der Waals surface area contributed by atoms with Gasteiger partial charge in [-0.2, -0.15) is 0 Å². The van der Waals surface area contributed by atoms with Crippen molar-refractivity contribution in [2.24, 2.45) is 23.2 Å². The predicted octanol–water partition coefficient (Wildman–Crippen LogP) is 2.69. The number of ether oxygens (including phenoxy) is 2. The number of aliphatic hydroxyl groups is 3. The van der Waals surface area contributed by atoms with Gasteiger partial charge in [0.25, 0.3) is 0 Å². The standard InChI is InChI=1S/C26H36O8/c1-4-6-8-9-10-14-15(21(28)17(27)11-7-5-2)12-18-25(3)13-16-19(23(30)33-22(16)29)20(14)26(18,32)34-24(25)31/h12,14-15,17,20-21,27-28,32H,4-11,13H2,1-3H3. The van der Waals surface area contributed by atoms with Crippen LogP contribution >= 0.6 is 0 Å². The molecule has 1 saturated heterocycles. The van der Waals surface area contributed by atoms with Crippen LogP contribution in [0.25, 0.3) is 0 Å². The minimum Gasteiger partial charge on any atom is -0.428 e. The molecule has 8 heteroatoms. The third kappa shape index (κ3) is 3.74. The summed E-state index contributed by atoms with van der Waals surface area (Å²) in [6.07, 6.45) is 5.67. The minimum atomic E-state index is -2.09. The van der Waals surface area contributed by atoms with E-state index in [0.717, 1.165) is 38.5 Å². The molecule has 1 fully saturated rings. The Morgan fingerprint density at radius 3 is 2.44 bits per heavy atom. The van der Waals surface area contributed by atoms with E-state index < -0.39 is 59.1 Å². The van der Waals surface area contributed by atoms with Crippen molar-refractivity contribution in [1.29, 1.82) is 0 Å². The summed E-state index contributed by atoms with van der Waals surface area (Å²) < 4.78 is 10.5. The van der Waals surface area contributed by atoms with Gasteiger partial charge in [-0.3, -0.25) is 4.79 Å². The molecule has 8 nitrogen and oxygen atoms in total. The maximum atomic E-state index is 13.0. The monoisotopic (exact) mass is 476 g/mol. The fraction of sp³-hybridized carbons (Fsp3) is 0.731. The van der Waals surface area contributed by atoms with Gasteiger partial charge in [0.15, 0.2) is 0 Å². The molecule has 4 bridgehead atoms. The average Bonchev–Trinajstić information content (AvgIpc) is 3.14. The van der Waals surface area contributed by atoms with Gasteiger partial charge < -0.3 is 24.8 Å². The summed E-state index contributed by atoms with van der Waals surface area (Å²) in [7, 11) is 0. The van der Waals surface area contributed by atoms with E-state index in [9.17, 15) is 29.7 Å². The number of fused-ring (bicyclic) bond motifs is 1. The summed E-state index contributed by atoms with van der Waals surface area (Å²) in [4.78, 5) is 38.5. The quantitative estimate of drug-likeness (QED) is 0.190. The Balaban J connectivity index is 1.85. The van der Waals surface area contributed by atoms with Crippen molar-refractivity contribution in [3.05, 3.63) is 22.8 Å². The van der Waals surface area contributed by atoms with Gasteiger partial charge in [0.05, 0.1) is 34.7 Å². The largest absolute Gasteiger partial charge is 0.428 e. The molecule has 0 amide bonds. The summed E-state index contributed by atoms with van der Waals surface area (Å²) in [6.45, 7) is 5.68. The van der Waals surface area contributed by atoms with Crippen LogP contribution in [0.3, 0.4) is 0 Å². The molecule has 3 N–H and O–H groups in total. The molecule has 0 aromatic rings. The van der Waals surface area contributed by atoms with Crippen LogP contribution in [0.1, 0.15) is 78.6 Å². The van der Waals surface area contributed by atoms with Gasteiger partial charge in [-0.15, -0.1) is 0 Å². The lowest BCUT2D eigenvalue weighted by atomic mass is 9.61. The lowest BCUT2D eigenvalue weighted by Gasteiger charge is -2.46. The average molecular weight is 477 g/mol. The number of hydrogen-bond donors (Lipinski definition) is 3. The Hall–Kier alpha value is -2.03. The van der Waals surface area contributed by atoms with Gasteiger partial charge in [-0.25, -0.2) is 9.59 Å². The summed E-state index contributed by atoms with van der Waals surface area (Å²) in [5.41, 5.74) is -0.944. The summed E-state index contributed by atoms with van der Waals surface area (Å²) in [5.74, 6) is -6.59. The molecule has 0 saturated carbocycles. The van der Waals surface area contributed by atoms with Crippen LogP contribution in [0.2, 0.25) is 0 Å². The van der Waals surface area contributed by atoms with Crippen LogP contribution < -0.4 is 0 Å². The summed E-state index contributed by atoms with van der Waals surface area (Å²) >= 11 is 0. The van der Waals surface area contributed by atoms with Crippen LogP contribution in [0.15, 0.2) is 22.8 Å². The first kappa shape index (κ1) is 25.1. The van der Waals surface area contributed by atoms with E-state index >= 15 is 0 Å². The Morgan fingerprint density at radius 1 is 1.06 bits per heavy atom. The molecular formula is C26H36O8. The minimum absolute atomic E-state index is 0.0510. The second-order valence-electron chi connectivity index (χ2n) is 10.5. The number of cyclic esters (lactones) is 2. The second-order valence-corrected chi connectivity index (χ2v) is 10.5. The topological polar surface area (TPSA) is 130 Å². The van der Waals surface area contributed by atoms with Crippen LogP contribution in [-0.4, -0.2) is 51.2 Å². The van der Waals surface area contributed by atoms with Gasteiger partial charge in [0.1, 0.15) is 0 Å². The van der Waals surface area contributed by atoms with Gasteiger partial charge in [0, 0.05) is 11.5 Å². The van der Waals surface area contributed by atoms with Gasteiger partial charge in [0.2, 0.25) is 5.79 Å². The molecule has 2 aliphatic carbocycles. The number of carbonyl (C=O) groups excluding carboxylic acids is 3. The fourth-order valence-corrected chi connectivity index (χ4v) is 6.38. The highest BCUT2D eigenvalue weighted by Crippen LogP contribution is 2.63. The lowest BCUT2D eigenvalue weighted by Crippen LogP contribution is -2.53. The highest BCUT2D eigenvalue weighted by Gasteiger charge is 2.70. The van der Waals surface area contributed by atoms with Gasteiger partial charge >= 0.3 is 17.9 Å². The molecule has 2 heterocycles. The summed E-state index contributed by atoms with van der Waals surface area (Å²) in [6, 6.07) is 0. The number of esters is 3. The first-order valence-corrected chi connectivity index (χ1v) is 12.6. The number of rotatable bonds is 10. The molecule has 34 heavy (non-hydrogen) atoms. The molecule has 4 rings (SSSR count). The number of unbranched alkanes of at least 4 members (excludes halogenated alkanes) is 4. The third-order valence-electron chi connectivity index (χ3n) is 8.23. The first-order chi connectivity index (χ1) is 16.1. The molecule has 0 radical (unpaired) electrons. The van der Waals surface area contributed by atoms with Gasteiger partial charge in [-0.1, -0.05) is 58.4 Å². The van der Waals surface area contributed by atoms with E-state index in [1.807, 2.05) is 6.92 Å². The molecule has 0 aromatic carbocycles. The van der Waals surface area contributed by atoms with E-state index in [4.69, 9.17) is 9.47 Å². The smallest absolute Gasteiger partial charge is 0.343 e. The van der Waals surface area contributed by atoms with Crippen molar-refractivity contribution in [1.82, 2.24) is 0 Å². The van der Waals surface area contributed by atoms with Crippen molar-refractivity contribution >= 4 is 17.9 Å². The van der Waals surface area contributed by atoms with Crippen LogP contribution in [-0.2, 0) is 23.9 Å². The lowest BCUT2D eigenvalue weighted by molar-refractivity contribution is -0.208. The second kappa shape index (κ2) is 9.21. The number of carbonyl (C=O) groups is 3. The zero-order valence-corrected chi connectivity index (χ0v) is 20.2. The highest BCUT2D eigenvalue weighted by molar-refractivity contribution is 6.14. The number of hydrogen-bond acceptors (Lipinski definition) is 8. The van der Waals surface area contributed by atoms with Crippen molar-refractivity contribution in [2.45, 2.75) is 96.6 Å². The molecule has 4 aliphatic rings. The van der Waals surface area contributed by atoms with Crippen LogP contribution in [0, 0.1) is 23.2 Å². The zero-order valence-electron chi connectivity index (χ0n) is 20.2. The van der Waals surface area contributed by atoms with Crippen molar-refractivity contribution in [3.8, 4) is 0 Å². The Morgan fingerprint density at radius 2 is 1.76 bits per heavy atom.